The molecule has 1 saturated heterocycles. The summed E-state index contributed by atoms with van der Waals surface area (Å²) >= 11 is 5.93. The lowest BCUT2D eigenvalue weighted by atomic mass is 10.1. The van der Waals surface area contributed by atoms with Gasteiger partial charge in [-0.15, -0.1) is 0 Å². The minimum absolute atomic E-state index is 0.109. The van der Waals surface area contributed by atoms with Gasteiger partial charge < -0.3 is 9.64 Å². The van der Waals surface area contributed by atoms with Gasteiger partial charge in [0.15, 0.2) is 5.69 Å². The highest BCUT2D eigenvalue weighted by molar-refractivity contribution is 6.31. The maximum atomic E-state index is 9.03. The molecule has 2 heterocycles. The number of anilines is 1. The van der Waals surface area contributed by atoms with Crippen molar-refractivity contribution in [1.29, 1.82) is 10.5 Å². The van der Waals surface area contributed by atoms with Crippen LogP contribution in [0.5, 0.6) is 5.75 Å². The Morgan fingerprint density at radius 1 is 1.12 bits per heavy atom. The largest absolute Gasteiger partial charge is 0.490 e. The highest BCUT2D eigenvalue weighted by atomic mass is 35.5. The van der Waals surface area contributed by atoms with Crippen LogP contribution in [-0.2, 0) is 0 Å². The highest BCUT2D eigenvalue weighted by Gasteiger charge is 2.22. The molecule has 24 heavy (non-hydrogen) atoms. The van der Waals surface area contributed by atoms with Crippen LogP contribution >= 0.6 is 11.6 Å². The van der Waals surface area contributed by atoms with E-state index in [2.05, 4.69) is 16.0 Å². The fourth-order valence-electron chi connectivity index (χ4n) is 2.72. The normalized spacial score (nSPS) is 14.7. The zero-order chi connectivity index (χ0) is 16.9. The van der Waals surface area contributed by atoms with Crippen molar-refractivity contribution in [3.05, 3.63) is 52.7 Å². The van der Waals surface area contributed by atoms with Gasteiger partial charge in [-0.1, -0.05) is 17.7 Å². The molecule has 0 radical (unpaired) electrons. The third-order valence-electron chi connectivity index (χ3n) is 3.97. The monoisotopic (exact) mass is 338 g/mol. The fraction of sp³-hybridized carbons (Fsp3) is 0.278. The van der Waals surface area contributed by atoms with E-state index in [0.717, 1.165) is 37.5 Å². The summed E-state index contributed by atoms with van der Waals surface area (Å²) in [7, 11) is 0. The van der Waals surface area contributed by atoms with Crippen molar-refractivity contribution < 1.29 is 4.74 Å². The molecule has 120 valence electrons. The first-order valence-electron chi connectivity index (χ1n) is 7.68. The van der Waals surface area contributed by atoms with E-state index in [1.54, 1.807) is 18.2 Å². The molecule has 5 nitrogen and oxygen atoms in total. The second-order valence-electron chi connectivity index (χ2n) is 5.56. The van der Waals surface area contributed by atoms with Crippen molar-refractivity contribution in [3.63, 3.8) is 0 Å². The van der Waals surface area contributed by atoms with Gasteiger partial charge in [-0.05, 0) is 30.3 Å². The number of nitriles is 2. The summed E-state index contributed by atoms with van der Waals surface area (Å²) in [6.45, 7) is 1.59. The molecular formula is C18H15ClN4O. The molecule has 1 aromatic carbocycles. The summed E-state index contributed by atoms with van der Waals surface area (Å²) in [6, 6.07) is 14.9. The molecule has 0 amide bonds. The molecule has 0 spiro atoms. The number of hydrogen-bond donors (Lipinski definition) is 0. The van der Waals surface area contributed by atoms with E-state index in [1.807, 2.05) is 24.3 Å². The SMILES string of the molecule is N#Cc1cccc(OC2CCN(c3ccc(Cl)c(C#N)n3)CC2)c1. The molecule has 0 unspecified atom stereocenters. The summed E-state index contributed by atoms with van der Waals surface area (Å²) in [6.07, 6.45) is 1.81. The van der Waals surface area contributed by atoms with Crippen LogP contribution in [-0.4, -0.2) is 24.2 Å². The Bertz CT molecular complexity index is 816. The highest BCUT2D eigenvalue weighted by Crippen LogP contribution is 2.24. The summed E-state index contributed by atoms with van der Waals surface area (Å²) in [5.74, 6) is 1.49. The molecule has 2 aromatic rings. The quantitative estimate of drug-likeness (QED) is 0.856. The maximum absolute atomic E-state index is 9.03. The Morgan fingerprint density at radius 2 is 1.92 bits per heavy atom. The van der Waals surface area contributed by atoms with Crippen LogP contribution in [0.4, 0.5) is 5.82 Å². The minimum Gasteiger partial charge on any atom is -0.490 e. The number of rotatable bonds is 3. The standard InChI is InChI=1S/C18H15ClN4O/c19-16-4-5-18(22-17(16)12-21)23-8-6-14(7-9-23)24-15-3-1-2-13(10-15)11-20/h1-5,10,14H,6-9H2. The number of halogens is 1. The molecule has 6 heteroatoms. The lowest BCUT2D eigenvalue weighted by Crippen LogP contribution is -2.38. The zero-order valence-corrected chi connectivity index (χ0v) is 13.7. The lowest BCUT2D eigenvalue weighted by Gasteiger charge is -2.33. The molecule has 0 atom stereocenters. The Hall–Kier alpha value is -2.76. The Labute approximate surface area is 145 Å². The predicted octanol–water partition coefficient (Wildman–Crippen LogP) is 3.53. The first-order valence-corrected chi connectivity index (χ1v) is 8.06. The zero-order valence-electron chi connectivity index (χ0n) is 12.9. The van der Waals surface area contributed by atoms with Crippen molar-refractivity contribution in [2.45, 2.75) is 18.9 Å². The first-order chi connectivity index (χ1) is 11.7. The number of aromatic nitrogens is 1. The van der Waals surface area contributed by atoms with Crippen molar-refractivity contribution >= 4 is 17.4 Å². The molecule has 0 saturated carbocycles. The molecular weight excluding hydrogens is 324 g/mol. The smallest absolute Gasteiger partial charge is 0.161 e. The van der Waals surface area contributed by atoms with Crippen molar-refractivity contribution in [2.24, 2.45) is 0 Å². The van der Waals surface area contributed by atoms with Gasteiger partial charge in [-0.25, -0.2) is 4.98 Å². The first kappa shape index (κ1) is 16.1. The van der Waals surface area contributed by atoms with E-state index < -0.39 is 0 Å². The Balaban J connectivity index is 1.62. The van der Waals surface area contributed by atoms with Crippen LogP contribution in [0.1, 0.15) is 24.1 Å². The van der Waals surface area contributed by atoms with Gasteiger partial charge in [-0.2, -0.15) is 10.5 Å². The van der Waals surface area contributed by atoms with Crippen molar-refractivity contribution in [2.75, 3.05) is 18.0 Å². The molecule has 1 fully saturated rings. The average Bonchev–Trinajstić information content (AvgIpc) is 2.63. The van der Waals surface area contributed by atoms with Gasteiger partial charge in [-0.3, -0.25) is 0 Å². The number of hydrogen-bond acceptors (Lipinski definition) is 5. The van der Waals surface area contributed by atoms with Gasteiger partial charge in [0, 0.05) is 25.9 Å². The van der Waals surface area contributed by atoms with E-state index in [4.69, 9.17) is 26.9 Å². The maximum Gasteiger partial charge on any atom is 0.161 e. The third kappa shape index (κ3) is 3.59. The molecule has 0 aliphatic carbocycles. The summed E-state index contributed by atoms with van der Waals surface area (Å²) in [5, 5.41) is 18.3. The number of benzene rings is 1. The van der Waals surface area contributed by atoms with Crippen molar-refractivity contribution in [1.82, 2.24) is 4.98 Å². The molecule has 1 aliphatic heterocycles. The van der Waals surface area contributed by atoms with Crippen LogP contribution < -0.4 is 9.64 Å². The number of pyridine rings is 1. The molecule has 3 rings (SSSR count). The summed E-state index contributed by atoms with van der Waals surface area (Å²) in [5.41, 5.74) is 0.847. The topological polar surface area (TPSA) is 72.9 Å². The van der Waals surface area contributed by atoms with Gasteiger partial charge >= 0.3 is 0 Å². The van der Waals surface area contributed by atoms with Gasteiger partial charge in [0.1, 0.15) is 23.7 Å². The van der Waals surface area contributed by atoms with Gasteiger partial charge in [0.25, 0.3) is 0 Å². The average molecular weight is 339 g/mol. The summed E-state index contributed by atoms with van der Waals surface area (Å²) in [4.78, 5) is 6.43. The Morgan fingerprint density at radius 3 is 2.62 bits per heavy atom. The fourth-order valence-corrected chi connectivity index (χ4v) is 2.87. The third-order valence-corrected chi connectivity index (χ3v) is 4.27. The minimum atomic E-state index is 0.109. The molecule has 0 N–H and O–H groups in total. The number of ether oxygens (including phenoxy) is 1. The van der Waals surface area contributed by atoms with Crippen LogP contribution in [0.2, 0.25) is 5.02 Å². The summed E-state index contributed by atoms with van der Waals surface area (Å²) < 4.78 is 5.97. The molecule has 1 aromatic heterocycles. The number of nitrogens with zero attached hydrogens (tertiary/aromatic N) is 4. The van der Waals surface area contributed by atoms with E-state index in [9.17, 15) is 0 Å². The van der Waals surface area contributed by atoms with E-state index in [-0.39, 0.29) is 11.8 Å². The second kappa shape index (κ2) is 7.21. The lowest BCUT2D eigenvalue weighted by molar-refractivity contribution is 0.170. The van der Waals surface area contributed by atoms with Gasteiger partial charge in [0.2, 0.25) is 0 Å². The van der Waals surface area contributed by atoms with Crippen LogP contribution in [0.15, 0.2) is 36.4 Å². The Kier molecular flexibility index (Phi) is 4.84. The van der Waals surface area contributed by atoms with Crippen LogP contribution in [0.25, 0.3) is 0 Å². The van der Waals surface area contributed by atoms with Gasteiger partial charge in [0.05, 0.1) is 16.7 Å². The number of piperidine rings is 1. The molecule has 0 bridgehead atoms. The van der Waals surface area contributed by atoms with Crippen LogP contribution in [0, 0.1) is 22.7 Å². The van der Waals surface area contributed by atoms with Crippen LogP contribution in [0.3, 0.4) is 0 Å². The molecule has 1 aliphatic rings. The second-order valence-corrected chi connectivity index (χ2v) is 5.96. The predicted molar refractivity (Wildman–Crippen MR) is 91.0 cm³/mol. The van der Waals surface area contributed by atoms with E-state index in [1.165, 1.54) is 0 Å². The van der Waals surface area contributed by atoms with Crippen molar-refractivity contribution in [3.8, 4) is 17.9 Å². The van der Waals surface area contributed by atoms with E-state index in [0.29, 0.717) is 10.6 Å². The van der Waals surface area contributed by atoms with E-state index >= 15 is 0 Å².